The smallest absolute Gasteiger partial charge is 0.312 e. The molecule has 0 aliphatic carbocycles. The number of hydrogen-bond acceptors (Lipinski definition) is 7. The molecule has 0 spiro atoms. The summed E-state index contributed by atoms with van der Waals surface area (Å²) in [7, 11) is 0. The normalized spacial score (nSPS) is 21.0. The minimum absolute atomic E-state index is 0.0173. The fourth-order valence-electron chi connectivity index (χ4n) is 4.48. The Bertz CT molecular complexity index is 1340. The molecule has 1 N–H and O–H groups in total. The summed E-state index contributed by atoms with van der Waals surface area (Å²) >= 11 is 0. The van der Waals surface area contributed by atoms with Crippen LogP contribution in [0.5, 0.6) is 5.75 Å². The molecule has 0 radical (unpaired) electrons. The molecule has 2 heterocycles. The van der Waals surface area contributed by atoms with Crippen LogP contribution < -0.4 is 10.1 Å². The third-order valence-corrected chi connectivity index (χ3v) is 6.58. The van der Waals surface area contributed by atoms with E-state index in [4.69, 9.17) is 14.2 Å². The average molecular weight is 547 g/mol. The fraction of sp³-hybridized carbons (Fsp3) is 0.429. The van der Waals surface area contributed by atoms with Crippen LogP contribution in [0, 0.1) is 30.3 Å². The number of ketones is 1. The van der Waals surface area contributed by atoms with E-state index in [2.05, 4.69) is 10.3 Å². The van der Waals surface area contributed by atoms with Gasteiger partial charge in [-0.1, -0.05) is 45.9 Å². The molecule has 0 aromatic heterocycles. The number of nitrogens with zero attached hydrogens (tertiary/aromatic N) is 1. The second-order valence-electron chi connectivity index (χ2n) is 10.8. The standard InChI is InChI=1S/C28H29F3N2O6/c1-14-10-17(29)23(31)24(22(14)30)37-13-28-20(12-21(35)38-28)33-26(39-28)15(2)11-19(34)25(36)32-18-9-7-6-8-16(18)27(3,4)5/h6-10,15,20H,11-13H2,1-5H3,(H,32,36)/t15-,20+,28+/m1/s1. The zero-order chi connectivity index (χ0) is 28.7. The minimum atomic E-state index is -1.85. The van der Waals surface area contributed by atoms with Crippen LogP contribution in [0.4, 0.5) is 18.9 Å². The Labute approximate surface area is 223 Å². The van der Waals surface area contributed by atoms with Crippen molar-refractivity contribution in [3.8, 4) is 5.75 Å². The summed E-state index contributed by atoms with van der Waals surface area (Å²) in [6.45, 7) is 8.11. The van der Waals surface area contributed by atoms with Gasteiger partial charge in [0.25, 0.3) is 5.91 Å². The molecule has 3 atom stereocenters. The van der Waals surface area contributed by atoms with E-state index in [0.29, 0.717) is 11.8 Å². The first-order chi connectivity index (χ1) is 18.2. The summed E-state index contributed by atoms with van der Waals surface area (Å²) in [6.07, 6.45) is -0.475. The first kappa shape index (κ1) is 28.1. The van der Waals surface area contributed by atoms with Crippen LogP contribution in [0.25, 0.3) is 0 Å². The molecule has 1 saturated heterocycles. The summed E-state index contributed by atoms with van der Waals surface area (Å²) in [4.78, 5) is 41.8. The number of hydrogen-bond donors (Lipinski definition) is 1. The highest BCUT2D eigenvalue weighted by Gasteiger charge is 2.58. The summed E-state index contributed by atoms with van der Waals surface area (Å²) in [5, 5.41) is 2.66. The largest absolute Gasteiger partial charge is 0.479 e. The molecule has 2 aliphatic heterocycles. The van der Waals surface area contributed by atoms with Crippen molar-refractivity contribution in [2.24, 2.45) is 10.9 Å². The second-order valence-corrected chi connectivity index (χ2v) is 10.8. The number of anilines is 1. The molecular formula is C28H29F3N2O6. The summed E-state index contributed by atoms with van der Waals surface area (Å²) < 4.78 is 58.7. The van der Waals surface area contributed by atoms with Crippen LogP contribution in [-0.2, 0) is 29.3 Å². The third-order valence-electron chi connectivity index (χ3n) is 6.58. The second kappa shape index (κ2) is 10.3. The summed E-state index contributed by atoms with van der Waals surface area (Å²) in [5.74, 6) is -9.67. The lowest BCUT2D eigenvalue weighted by Crippen LogP contribution is -2.44. The highest BCUT2D eigenvalue weighted by Crippen LogP contribution is 2.39. The molecule has 2 aromatic carbocycles. The van der Waals surface area contributed by atoms with Crippen LogP contribution in [0.2, 0.25) is 0 Å². The van der Waals surface area contributed by atoms with E-state index >= 15 is 0 Å². The Morgan fingerprint density at radius 1 is 1.18 bits per heavy atom. The lowest BCUT2D eigenvalue weighted by atomic mass is 9.86. The Hall–Kier alpha value is -3.89. The zero-order valence-corrected chi connectivity index (χ0v) is 22.2. The number of ether oxygens (including phenoxy) is 3. The van der Waals surface area contributed by atoms with Crippen LogP contribution in [0.1, 0.15) is 51.7 Å². The number of para-hydroxylation sites is 1. The predicted molar refractivity (Wildman–Crippen MR) is 135 cm³/mol. The van der Waals surface area contributed by atoms with Gasteiger partial charge in [0.2, 0.25) is 11.6 Å². The van der Waals surface area contributed by atoms with Crippen LogP contribution in [0.15, 0.2) is 35.3 Å². The molecule has 2 aromatic rings. The van der Waals surface area contributed by atoms with Crippen LogP contribution in [0.3, 0.4) is 0 Å². The van der Waals surface area contributed by atoms with Gasteiger partial charge in [0, 0.05) is 18.0 Å². The third kappa shape index (κ3) is 5.62. The maximum atomic E-state index is 14.4. The van der Waals surface area contributed by atoms with Crippen molar-refractivity contribution < 1.29 is 41.8 Å². The molecule has 0 unspecified atom stereocenters. The molecule has 208 valence electrons. The summed E-state index contributed by atoms with van der Waals surface area (Å²) in [5.41, 5.74) is 0.936. The lowest BCUT2D eigenvalue weighted by molar-refractivity contribution is -0.190. The number of Topliss-reactive ketones (excluding diaryl/α,β-unsaturated/α-hetero) is 1. The Balaban J connectivity index is 1.44. The van der Waals surface area contributed by atoms with Crippen molar-refractivity contribution in [1.82, 2.24) is 0 Å². The highest BCUT2D eigenvalue weighted by atomic mass is 19.2. The molecule has 1 fully saturated rings. The number of aryl methyl sites for hydroxylation is 1. The van der Waals surface area contributed by atoms with Gasteiger partial charge < -0.3 is 19.5 Å². The maximum absolute atomic E-state index is 14.4. The van der Waals surface area contributed by atoms with Crippen molar-refractivity contribution in [1.29, 1.82) is 0 Å². The number of benzene rings is 2. The van der Waals surface area contributed by atoms with Crippen molar-refractivity contribution in [3.63, 3.8) is 0 Å². The van der Waals surface area contributed by atoms with Gasteiger partial charge in [-0.25, -0.2) is 13.8 Å². The molecule has 4 rings (SSSR count). The van der Waals surface area contributed by atoms with E-state index < -0.39 is 65.2 Å². The molecule has 1 amide bonds. The van der Waals surface area contributed by atoms with Gasteiger partial charge in [-0.15, -0.1) is 0 Å². The van der Waals surface area contributed by atoms with Gasteiger partial charge in [0.15, 0.2) is 29.9 Å². The van der Waals surface area contributed by atoms with E-state index in [1.54, 1.807) is 19.1 Å². The lowest BCUT2D eigenvalue weighted by Gasteiger charge is -2.27. The number of carbonyl (C=O) groups excluding carboxylic acids is 3. The Kier molecular flexibility index (Phi) is 7.46. The number of amides is 1. The van der Waals surface area contributed by atoms with Crippen molar-refractivity contribution in [2.45, 2.75) is 64.7 Å². The van der Waals surface area contributed by atoms with Crippen LogP contribution >= 0.6 is 0 Å². The first-order valence-electron chi connectivity index (χ1n) is 12.4. The van der Waals surface area contributed by atoms with E-state index in [0.717, 1.165) is 5.56 Å². The van der Waals surface area contributed by atoms with Crippen molar-refractivity contribution in [3.05, 3.63) is 58.9 Å². The van der Waals surface area contributed by atoms with Gasteiger partial charge in [-0.05, 0) is 35.6 Å². The monoisotopic (exact) mass is 546 g/mol. The average Bonchev–Trinajstić information content (AvgIpc) is 3.35. The van der Waals surface area contributed by atoms with Gasteiger partial charge in [-0.3, -0.25) is 14.4 Å². The van der Waals surface area contributed by atoms with Gasteiger partial charge in [0.05, 0.1) is 6.42 Å². The maximum Gasteiger partial charge on any atom is 0.312 e. The van der Waals surface area contributed by atoms with E-state index in [1.165, 1.54) is 6.92 Å². The van der Waals surface area contributed by atoms with Gasteiger partial charge in [-0.2, -0.15) is 4.39 Å². The molecule has 2 aliphatic rings. The van der Waals surface area contributed by atoms with Gasteiger partial charge in [0.1, 0.15) is 6.04 Å². The summed E-state index contributed by atoms with van der Waals surface area (Å²) in [6, 6.07) is 6.95. The van der Waals surface area contributed by atoms with E-state index in [-0.39, 0.29) is 29.7 Å². The number of esters is 1. The molecule has 11 heteroatoms. The van der Waals surface area contributed by atoms with Crippen LogP contribution in [-0.4, -0.2) is 42.0 Å². The number of halogens is 3. The predicted octanol–water partition coefficient (Wildman–Crippen LogP) is 4.76. The SMILES string of the molecule is Cc1cc(F)c(F)c(OC[C@@]23OC(=O)C[C@@H]2N=C([C@H](C)CC(=O)C(=O)Nc2ccccc2C(C)(C)C)O3)c1F. The highest BCUT2D eigenvalue weighted by molar-refractivity contribution is 6.41. The molecule has 39 heavy (non-hydrogen) atoms. The van der Waals surface area contributed by atoms with E-state index in [9.17, 15) is 27.6 Å². The molecule has 0 saturated carbocycles. The number of fused-ring (bicyclic) bond motifs is 1. The topological polar surface area (TPSA) is 103 Å². The number of rotatable bonds is 8. The number of nitrogens with one attached hydrogen (secondary N) is 1. The van der Waals surface area contributed by atoms with Crippen molar-refractivity contribution >= 4 is 29.2 Å². The number of carbonyl (C=O) groups is 3. The first-order valence-corrected chi connectivity index (χ1v) is 12.4. The quantitative estimate of drug-likeness (QED) is 0.291. The molecule has 8 nitrogen and oxygen atoms in total. The Morgan fingerprint density at radius 2 is 1.87 bits per heavy atom. The molecular weight excluding hydrogens is 517 g/mol. The van der Waals surface area contributed by atoms with Gasteiger partial charge >= 0.3 is 11.8 Å². The van der Waals surface area contributed by atoms with E-state index in [1.807, 2.05) is 32.9 Å². The van der Waals surface area contributed by atoms with Crippen molar-refractivity contribution in [2.75, 3.05) is 11.9 Å². The fourth-order valence-corrected chi connectivity index (χ4v) is 4.48. The Morgan fingerprint density at radius 3 is 2.56 bits per heavy atom. The molecule has 0 bridgehead atoms. The minimum Gasteiger partial charge on any atom is -0.479 e. The number of aliphatic imine (C=N–C) groups is 1. The zero-order valence-electron chi connectivity index (χ0n) is 22.2.